The summed E-state index contributed by atoms with van der Waals surface area (Å²) in [5.41, 5.74) is 18.8. The maximum atomic E-state index is 2.62. The molecule has 0 saturated carbocycles. The Labute approximate surface area is 429 Å². The summed E-state index contributed by atoms with van der Waals surface area (Å²) in [6, 6.07) is 74.1. The number of anilines is 6. The predicted octanol–water partition coefficient (Wildman–Crippen LogP) is 17.7. The number of rotatable bonds is 4. The van der Waals surface area contributed by atoms with E-state index in [4.69, 9.17) is 0 Å². The molecule has 0 atom stereocenters. The number of thiophene rings is 1. The second-order valence-electron chi connectivity index (χ2n) is 23.4. The fraction of sp³-hybridized carbons (Fsp3) is 0.176. The molecule has 0 amide bonds. The molecule has 10 aromatic carbocycles. The van der Waals surface area contributed by atoms with E-state index in [2.05, 4.69) is 266 Å². The topological polar surface area (TPSA) is 6.48 Å². The summed E-state index contributed by atoms with van der Waals surface area (Å²) in [6.07, 6.45) is 0. The highest BCUT2D eigenvalue weighted by molar-refractivity contribution is 7.33. The van der Waals surface area contributed by atoms with Crippen molar-refractivity contribution >= 4 is 110 Å². The Morgan fingerprint density at radius 3 is 1.57 bits per heavy atom. The molecule has 1 aromatic heterocycles. The number of fused-ring (bicyclic) bond motifs is 12. The molecule has 0 saturated heterocycles. The maximum Gasteiger partial charge on any atom is 0.264 e. The molecule has 3 heterocycles. The van der Waals surface area contributed by atoms with Gasteiger partial charge in [-0.05, 0) is 154 Å². The first-order valence-corrected chi connectivity index (χ1v) is 26.5. The van der Waals surface area contributed by atoms with Crippen molar-refractivity contribution in [3.63, 3.8) is 0 Å². The van der Waals surface area contributed by atoms with E-state index >= 15 is 0 Å². The molecule has 2 aliphatic heterocycles. The third-order valence-corrected chi connectivity index (χ3v) is 16.9. The van der Waals surface area contributed by atoms with Gasteiger partial charge in [-0.1, -0.05) is 196 Å². The van der Waals surface area contributed by atoms with Gasteiger partial charge in [-0.15, -0.1) is 11.3 Å². The van der Waals surface area contributed by atoms with Gasteiger partial charge in [0, 0.05) is 43.2 Å². The first-order chi connectivity index (χ1) is 34.6. The maximum absolute atomic E-state index is 2.62. The second kappa shape index (κ2) is 16.1. The average molecular weight is 947 g/mol. The van der Waals surface area contributed by atoms with E-state index in [1.807, 2.05) is 11.3 Å². The Morgan fingerprint density at radius 2 is 0.903 bits per heavy atom. The smallest absolute Gasteiger partial charge is 0.264 e. The van der Waals surface area contributed by atoms with Gasteiger partial charge in [0.25, 0.3) is 6.71 Å². The molecule has 72 heavy (non-hydrogen) atoms. The fourth-order valence-electron chi connectivity index (χ4n) is 11.8. The van der Waals surface area contributed by atoms with Crippen molar-refractivity contribution in [1.82, 2.24) is 0 Å². The number of hydrogen-bond acceptors (Lipinski definition) is 3. The van der Waals surface area contributed by atoms with Crippen LogP contribution in [-0.2, 0) is 16.2 Å². The minimum absolute atomic E-state index is 0.00741. The summed E-state index contributed by atoms with van der Waals surface area (Å²) in [6.45, 7) is 21.1. The molecular weight excluding hydrogens is 888 g/mol. The third kappa shape index (κ3) is 6.97. The molecule has 350 valence electrons. The van der Waals surface area contributed by atoms with E-state index in [1.165, 1.54) is 125 Å². The lowest BCUT2D eigenvalue weighted by molar-refractivity contribution is 0.590. The SMILES string of the molecule is CC(C)(C)c1ccc2c(c1)B1c3sc4ccc(C(C)(C)C)cc4c3N(c3cccc(-c4ccccc4)c3)c3cccc(c31)N2c1ccc(C(C)(C)C)cc1-c1ccc2c3ccccc3c3ccccc3c2c1. The summed E-state index contributed by atoms with van der Waals surface area (Å²) in [4.78, 5) is 5.23. The van der Waals surface area contributed by atoms with Crippen molar-refractivity contribution in [1.29, 1.82) is 0 Å². The van der Waals surface area contributed by atoms with Crippen molar-refractivity contribution in [3.05, 3.63) is 211 Å². The van der Waals surface area contributed by atoms with Crippen LogP contribution < -0.4 is 25.5 Å². The highest BCUT2D eigenvalue weighted by Gasteiger charge is 2.46. The normalized spacial score (nSPS) is 13.5. The summed E-state index contributed by atoms with van der Waals surface area (Å²) >= 11 is 1.98. The molecule has 0 bridgehead atoms. The highest BCUT2D eigenvalue weighted by Crippen LogP contribution is 2.51. The van der Waals surface area contributed by atoms with Gasteiger partial charge in [0.05, 0.1) is 11.4 Å². The van der Waals surface area contributed by atoms with Crippen molar-refractivity contribution in [2.45, 2.75) is 78.6 Å². The third-order valence-electron chi connectivity index (χ3n) is 15.7. The van der Waals surface area contributed by atoms with Crippen molar-refractivity contribution in [2.75, 3.05) is 9.80 Å². The zero-order valence-corrected chi connectivity index (χ0v) is 43.7. The van der Waals surface area contributed by atoms with E-state index in [0.717, 1.165) is 5.69 Å². The second-order valence-corrected chi connectivity index (χ2v) is 24.4. The van der Waals surface area contributed by atoms with Gasteiger partial charge < -0.3 is 9.80 Å². The van der Waals surface area contributed by atoms with Crippen LogP contribution >= 0.6 is 11.3 Å². The van der Waals surface area contributed by atoms with Gasteiger partial charge in [0.2, 0.25) is 0 Å². The van der Waals surface area contributed by atoms with Crippen LogP contribution in [0.1, 0.15) is 79.0 Å². The van der Waals surface area contributed by atoms with Crippen LogP contribution in [0.3, 0.4) is 0 Å². The molecule has 4 heteroatoms. The fourth-order valence-corrected chi connectivity index (χ4v) is 13.1. The lowest BCUT2D eigenvalue weighted by Gasteiger charge is -2.44. The largest absolute Gasteiger partial charge is 0.311 e. The first kappa shape index (κ1) is 44.5. The van der Waals surface area contributed by atoms with Crippen molar-refractivity contribution < 1.29 is 0 Å². The number of hydrogen-bond donors (Lipinski definition) is 0. The van der Waals surface area contributed by atoms with Crippen LogP contribution in [0.15, 0.2) is 194 Å². The highest BCUT2D eigenvalue weighted by atomic mass is 32.1. The molecule has 0 fully saturated rings. The molecule has 0 spiro atoms. The van der Waals surface area contributed by atoms with Crippen molar-refractivity contribution in [3.8, 4) is 22.3 Å². The Morgan fingerprint density at radius 1 is 0.361 bits per heavy atom. The summed E-state index contributed by atoms with van der Waals surface area (Å²) < 4.78 is 2.71. The van der Waals surface area contributed by atoms with Gasteiger partial charge in [-0.2, -0.15) is 0 Å². The molecule has 0 radical (unpaired) electrons. The average Bonchev–Trinajstić information content (AvgIpc) is 3.76. The Bertz CT molecular complexity index is 3970. The van der Waals surface area contributed by atoms with E-state index in [9.17, 15) is 0 Å². The zero-order valence-electron chi connectivity index (χ0n) is 42.9. The number of benzene rings is 10. The van der Waals surface area contributed by atoms with Gasteiger partial charge in [0.15, 0.2) is 0 Å². The minimum atomic E-state index is -0.0648. The Balaban J connectivity index is 1.11. The minimum Gasteiger partial charge on any atom is -0.311 e. The number of nitrogens with zero attached hydrogens (tertiary/aromatic N) is 2. The van der Waals surface area contributed by atoms with E-state index in [-0.39, 0.29) is 23.0 Å². The van der Waals surface area contributed by atoms with Crippen LogP contribution in [-0.4, -0.2) is 6.71 Å². The zero-order chi connectivity index (χ0) is 49.4. The van der Waals surface area contributed by atoms with Gasteiger partial charge >= 0.3 is 0 Å². The first-order valence-electron chi connectivity index (χ1n) is 25.7. The molecule has 0 aliphatic carbocycles. The molecular formula is C68H59BN2S. The lowest BCUT2D eigenvalue weighted by atomic mass is 9.36. The van der Waals surface area contributed by atoms with Gasteiger partial charge in [-0.25, -0.2) is 0 Å². The van der Waals surface area contributed by atoms with Crippen LogP contribution in [0, 0.1) is 0 Å². The van der Waals surface area contributed by atoms with Crippen LogP contribution in [0.25, 0.3) is 64.7 Å². The Kier molecular flexibility index (Phi) is 9.93. The molecule has 13 rings (SSSR count). The van der Waals surface area contributed by atoms with E-state index < -0.39 is 0 Å². The molecule has 2 nitrogen and oxygen atoms in total. The molecule has 11 aromatic rings. The predicted molar refractivity (Wildman–Crippen MR) is 315 cm³/mol. The van der Waals surface area contributed by atoms with Crippen LogP contribution in [0.2, 0.25) is 0 Å². The van der Waals surface area contributed by atoms with Crippen LogP contribution in [0.4, 0.5) is 34.1 Å². The van der Waals surface area contributed by atoms with Crippen molar-refractivity contribution in [2.24, 2.45) is 0 Å². The molecule has 0 unspecified atom stereocenters. The molecule has 2 aliphatic rings. The van der Waals surface area contributed by atoms with E-state index in [1.54, 1.807) is 0 Å². The monoisotopic (exact) mass is 946 g/mol. The Hall–Kier alpha value is -7.40. The van der Waals surface area contributed by atoms with Gasteiger partial charge in [0.1, 0.15) is 0 Å². The quantitative estimate of drug-likeness (QED) is 0.128. The summed E-state index contributed by atoms with van der Waals surface area (Å²) in [7, 11) is 0. The van der Waals surface area contributed by atoms with E-state index in [0.29, 0.717) is 0 Å². The summed E-state index contributed by atoms with van der Waals surface area (Å²) in [5, 5.41) is 9.03. The molecule has 0 N–H and O–H groups in total. The van der Waals surface area contributed by atoms with Crippen LogP contribution in [0.5, 0.6) is 0 Å². The lowest BCUT2D eigenvalue weighted by Crippen LogP contribution is -2.60. The van der Waals surface area contributed by atoms with Gasteiger partial charge in [-0.3, -0.25) is 0 Å². The summed E-state index contributed by atoms with van der Waals surface area (Å²) in [5.74, 6) is 0. The standard InChI is InChI=1S/C68H59BN2S/c1-66(2,3)45-30-34-58(54(39-45)44-29-33-53-51-25-14-13-23-49(51)50-24-15-16-26-52(50)55(53)38-44)71-59-35-31-47(68(7,8)9)41-57(59)69-63-60(27-18-28-61(63)71)70(48-22-17-21-43(37-48)42-19-11-10-12-20-42)64-56-40-46(67(4,5)6)32-36-62(56)72-65(64)69/h10-41H,1-9H3.